The molecule has 1 N–H and O–H groups in total. The highest BCUT2D eigenvalue weighted by atomic mass is 19.1. The molecule has 7 nitrogen and oxygen atoms in total. The smallest absolute Gasteiger partial charge is 0.333 e. The van der Waals surface area contributed by atoms with E-state index in [0.29, 0.717) is 11.4 Å². The number of nitrogens with zero attached hydrogens (tertiary/aromatic N) is 4. The summed E-state index contributed by atoms with van der Waals surface area (Å²) in [5.74, 6) is -0.0895. The van der Waals surface area contributed by atoms with Crippen LogP contribution >= 0.6 is 0 Å². The Bertz CT molecular complexity index is 893. The number of nitrogens with one attached hydrogen (secondary N) is 1. The van der Waals surface area contributed by atoms with E-state index < -0.39 is 11.0 Å². The molecule has 0 saturated heterocycles. The third-order valence-electron chi connectivity index (χ3n) is 3.84. The molecule has 0 radical (unpaired) electrons. The molecule has 128 valence electrons. The molecule has 3 rings (SSSR count). The molecule has 0 saturated carbocycles. The fraction of sp³-hybridized carbons (Fsp3) is 0.176. The van der Waals surface area contributed by atoms with Gasteiger partial charge in [0.25, 0.3) is 0 Å². The summed E-state index contributed by atoms with van der Waals surface area (Å²) in [5, 5.41) is 18.7. The van der Waals surface area contributed by atoms with Gasteiger partial charge in [0.2, 0.25) is 5.82 Å². The molecule has 1 atom stereocenters. The van der Waals surface area contributed by atoms with Crippen molar-refractivity contribution in [3.8, 4) is 0 Å². The summed E-state index contributed by atoms with van der Waals surface area (Å²) in [6.07, 6.45) is 1.64. The molecule has 0 aliphatic carbocycles. The van der Waals surface area contributed by atoms with E-state index in [9.17, 15) is 14.5 Å². The lowest BCUT2D eigenvalue weighted by molar-refractivity contribution is -0.384. The second-order valence-electron chi connectivity index (χ2n) is 5.55. The number of aryl methyl sites for hydroxylation is 2. The van der Waals surface area contributed by atoms with Crippen molar-refractivity contribution in [2.45, 2.75) is 13.0 Å². The molecule has 0 aliphatic heterocycles. The maximum atomic E-state index is 13.3. The Labute approximate surface area is 143 Å². The predicted octanol–water partition coefficient (Wildman–Crippen LogP) is 3.37. The summed E-state index contributed by atoms with van der Waals surface area (Å²) in [5.41, 5.74) is 1.61. The molecular weight excluding hydrogens is 325 g/mol. The lowest BCUT2D eigenvalue weighted by Gasteiger charge is -2.19. The highest BCUT2D eigenvalue weighted by Crippen LogP contribution is 2.32. The zero-order chi connectivity index (χ0) is 18.0. The first-order chi connectivity index (χ1) is 12.0. The first-order valence-electron chi connectivity index (χ1n) is 7.58. The van der Waals surface area contributed by atoms with Crippen LogP contribution in [0.15, 0.2) is 48.7 Å². The van der Waals surface area contributed by atoms with Crippen LogP contribution in [-0.4, -0.2) is 19.7 Å². The van der Waals surface area contributed by atoms with Crippen LogP contribution in [0.1, 0.15) is 23.0 Å². The Kier molecular flexibility index (Phi) is 4.42. The average molecular weight is 341 g/mol. The van der Waals surface area contributed by atoms with Gasteiger partial charge in [-0.2, -0.15) is 5.10 Å². The van der Waals surface area contributed by atoms with Crippen molar-refractivity contribution in [2.24, 2.45) is 7.05 Å². The van der Waals surface area contributed by atoms with Gasteiger partial charge in [-0.05, 0) is 36.8 Å². The molecule has 2 aromatic heterocycles. The number of halogens is 1. The average Bonchev–Trinajstić information content (AvgIpc) is 2.88. The first-order valence-corrected chi connectivity index (χ1v) is 7.58. The highest BCUT2D eigenvalue weighted by Gasteiger charge is 2.27. The normalized spacial score (nSPS) is 12.0. The Morgan fingerprint density at radius 2 is 1.96 bits per heavy atom. The van der Waals surface area contributed by atoms with E-state index in [1.807, 2.05) is 6.07 Å². The minimum absolute atomic E-state index is 0.0921. The van der Waals surface area contributed by atoms with E-state index in [1.54, 1.807) is 44.4 Å². The van der Waals surface area contributed by atoms with Crippen molar-refractivity contribution in [2.75, 3.05) is 5.32 Å². The summed E-state index contributed by atoms with van der Waals surface area (Å²) in [7, 11) is 1.63. The number of pyridine rings is 1. The van der Waals surface area contributed by atoms with Crippen LogP contribution < -0.4 is 5.32 Å². The van der Waals surface area contributed by atoms with Gasteiger partial charge in [-0.25, -0.2) is 9.07 Å². The SMILES string of the molecule is Cc1nn(C)c(N[C@@H](c2ccc(F)cc2)c2ccccn2)c1[N+](=O)[O-]. The lowest BCUT2D eigenvalue weighted by atomic mass is 10.0. The number of aromatic nitrogens is 3. The van der Waals surface area contributed by atoms with Gasteiger partial charge >= 0.3 is 5.69 Å². The summed E-state index contributed by atoms with van der Waals surface area (Å²) in [6.45, 7) is 1.58. The molecular formula is C17H16FN5O2. The second-order valence-corrected chi connectivity index (χ2v) is 5.55. The monoisotopic (exact) mass is 341 g/mol. The lowest BCUT2D eigenvalue weighted by Crippen LogP contribution is -2.16. The molecule has 1 aromatic carbocycles. The molecule has 3 aromatic rings. The van der Waals surface area contributed by atoms with E-state index in [1.165, 1.54) is 16.8 Å². The molecule has 0 unspecified atom stereocenters. The second kappa shape index (κ2) is 6.68. The van der Waals surface area contributed by atoms with Gasteiger partial charge in [-0.3, -0.25) is 15.1 Å². The molecule has 0 spiro atoms. The van der Waals surface area contributed by atoms with E-state index in [-0.39, 0.29) is 17.3 Å². The highest BCUT2D eigenvalue weighted by molar-refractivity contribution is 5.61. The fourth-order valence-electron chi connectivity index (χ4n) is 2.69. The third kappa shape index (κ3) is 3.32. The van der Waals surface area contributed by atoms with Gasteiger partial charge in [0.1, 0.15) is 11.5 Å². The summed E-state index contributed by atoms with van der Waals surface area (Å²) in [6, 6.07) is 10.8. The van der Waals surface area contributed by atoms with Crippen LogP contribution in [0.5, 0.6) is 0 Å². The first kappa shape index (κ1) is 16.6. The maximum absolute atomic E-state index is 13.3. The molecule has 25 heavy (non-hydrogen) atoms. The van der Waals surface area contributed by atoms with Gasteiger partial charge in [0.05, 0.1) is 16.7 Å². The van der Waals surface area contributed by atoms with Gasteiger partial charge in [-0.15, -0.1) is 0 Å². The van der Waals surface area contributed by atoms with E-state index in [4.69, 9.17) is 0 Å². The van der Waals surface area contributed by atoms with E-state index in [0.717, 1.165) is 5.56 Å². The van der Waals surface area contributed by atoms with Crippen molar-refractivity contribution < 1.29 is 9.31 Å². The Morgan fingerprint density at radius 3 is 2.56 bits per heavy atom. The number of hydrogen-bond donors (Lipinski definition) is 1. The van der Waals surface area contributed by atoms with Gasteiger partial charge < -0.3 is 5.32 Å². The maximum Gasteiger partial charge on any atom is 0.333 e. The van der Waals surface area contributed by atoms with Gasteiger partial charge in [0, 0.05) is 13.2 Å². The number of rotatable bonds is 5. The summed E-state index contributed by atoms with van der Waals surface area (Å²) < 4.78 is 14.7. The van der Waals surface area contributed by atoms with Crippen LogP contribution in [-0.2, 0) is 7.05 Å². The van der Waals surface area contributed by atoms with Crippen molar-refractivity contribution in [1.29, 1.82) is 0 Å². The number of benzene rings is 1. The van der Waals surface area contributed by atoms with Crippen LogP contribution in [0.4, 0.5) is 15.9 Å². The third-order valence-corrected chi connectivity index (χ3v) is 3.84. The molecule has 0 aliphatic rings. The standard InChI is InChI=1S/C17H16FN5O2/c1-11-16(23(24)25)17(22(2)21-11)20-15(14-5-3-4-10-19-14)12-6-8-13(18)9-7-12/h3-10,15,20H,1-2H3/t15-/m0/s1. The summed E-state index contributed by atoms with van der Waals surface area (Å²) in [4.78, 5) is 15.3. The van der Waals surface area contributed by atoms with Gasteiger partial charge in [-0.1, -0.05) is 18.2 Å². The topological polar surface area (TPSA) is 85.9 Å². The molecule has 0 fully saturated rings. The van der Waals surface area contributed by atoms with Crippen LogP contribution in [0.25, 0.3) is 0 Å². The quantitative estimate of drug-likeness (QED) is 0.568. The van der Waals surface area contributed by atoms with Crippen molar-refractivity contribution >= 4 is 11.5 Å². The Morgan fingerprint density at radius 1 is 1.24 bits per heavy atom. The number of anilines is 1. The van der Waals surface area contributed by atoms with Gasteiger partial charge in [0.15, 0.2) is 0 Å². The van der Waals surface area contributed by atoms with Crippen LogP contribution in [0, 0.1) is 22.9 Å². The Hall–Kier alpha value is -3.29. The molecule has 0 bridgehead atoms. The van der Waals surface area contributed by atoms with Crippen molar-refractivity contribution in [3.63, 3.8) is 0 Å². The minimum atomic E-state index is -0.490. The predicted molar refractivity (Wildman–Crippen MR) is 90.7 cm³/mol. The molecule has 0 amide bonds. The summed E-state index contributed by atoms with van der Waals surface area (Å²) >= 11 is 0. The van der Waals surface area contributed by atoms with Crippen LogP contribution in [0.3, 0.4) is 0 Å². The largest absolute Gasteiger partial charge is 0.352 e. The number of nitro groups is 1. The van der Waals surface area contributed by atoms with E-state index >= 15 is 0 Å². The minimum Gasteiger partial charge on any atom is -0.352 e. The van der Waals surface area contributed by atoms with E-state index in [2.05, 4.69) is 15.4 Å². The number of hydrogen-bond acceptors (Lipinski definition) is 5. The van der Waals surface area contributed by atoms with Crippen molar-refractivity contribution in [3.05, 3.63) is 81.5 Å². The zero-order valence-electron chi connectivity index (χ0n) is 13.7. The molecule has 8 heteroatoms. The van der Waals surface area contributed by atoms with Crippen LogP contribution in [0.2, 0.25) is 0 Å². The fourth-order valence-corrected chi connectivity index (χ4v) is 2.69. The Balaban J connectivity index is 2.08. The zero-order valence-corrected chi connectivity index (χ0v) is 13.7. The molecule has 2 heterocycles. The van der Waals surface area contributed by atoms with Crippen molar-refractivity contribution in [1.82, 2.24) is 14.8 Å².